The minimum Gasteiger partial charge on any atom is -0.207 e. The van der Waals surface area contributed by atoms with Crippen LogP contribution in [0.25, 0.3) is 0 Å². The van der Waals surface area contributed by atoms with Gasteiger partial charge in [-0.15, -0.1) is 11.3 Å². The van der Waals surface area contributed by atoms with E-state index in [2.05, 4.69) is 31.9 Å². The molecule has 0 nitrogen and oxygen atoms in total. The summed E-state index contributed by atoms with van der Waals surface area (Å²) in [7, 11) is 0. The number of rotatable bonds is 2. The molecular formula is C11H6Br2ClFS. The predicted octanol–water partition coefficient (Wildman–Crippen LogP) is 5.79. The minimum atomic E-state index is -0.293. The van der Waals surface area contributed by atoms with Gasteiger partial charge in [-0.05, 0) is 40.2 Å². The Bertz CT molecular complexity index is 512. The molecule has 0 amide bonds. The maximum atomic E-state index is 13.7. The van der Waals surface area contributed by atoms with Crippen molar-refractivity contribution in [1.82, 2.24) is 0 Å². The van der Waals surface area contributed by atoms with E-state index in [1.165, 1.54) is 6.07 Å². The van der Waals surface area contributed by atoms with Crippen molar-refractivity contribution in [3.63, 3.8) is 0 Å². The lowest BCUT2D eigenvalue weighted by Gasteiger charge is -2.09. The van der Waals surface area contributed by atoms with E-state index < -0.39 is 0 Å². The number of thiophene rings is 1. The maximum absolute atomic E-state index is 13.7. The molecule has 1 heterocycles. The first-order valence-electron chi connectivity index (χ1n) is 4.42. The summed E-state index contributed by atoms with van der Waals surface area (Å²) in [5.41, 5.74) is 0.596. The number of halogens is 4. The third-order valence-corrected chi connectivity index (χ3v) is 5.29. The van der Waals surface area contributed by atoms with Gasteiger partial charge in [0.1, 0.15) is 5.82 Å². The van der Waals surface area contributed by atoms with Crippen molar-refractivity contribution in [1.29, 1.82) is 0 Å². The molecule has 0 fully saturated rings. The van der Waals surface area contributed by atoms with E-state index in [-0.39, 0.29) is 10.6 Å². The smallest absolute Gasteiger partial charge is 0.129 e. The Morgan fingerprint density at radius 2 is 2.00 bits per heavy atom. The Morgan fingerprint density at radius 3 is 2.56 bits per heavy atom. The van der Waals surface area contributed by atoms with E-state index in [4.69, 9.17) is 11.6 Å². The van der Waals surface area contributed by atoms with Gasteiger partial charge in [0.05, 0.1) is 8.61 Å². The molecule has 5 heteroatoms. The molecule has 84 valence electrons. The van der Waals surface area contributed by atoms with Crippen LogP contribution in [0.15, 0.2) is 34.1 Å². The SMILES string of the molecule is Fc1cc(Cl)ccc1C(Br)c1ccc(Br)s1. The Morgan fingerprint density at radius 1 is 1.25 bits per heavy atom. The molecule has 1 aromatic carbocycles. The average Bonchev–Trinajstić information content (AvgIpc) is 2.64. The first kappa shape index (κ1) is 12.6. The number of alkyl halides is 1. The van der Waals surface area contributed by atoms with Crippen LogP contribution in [0.5, 0.6) is 0 Å². The fourth-order valence-electron chi connectivity index (χ4n) is 1.32. The van der Waals surface area contributed by atoms with Gasteiger partial charge in [-0.25, -0.2) is 4.39 Å². The Hall–Kier alpha value is 0.1000. The molecule has 16 heavy (non-hydrogen) atoms. The molecule has 0 radical (unpaired) electrons. The van der Waals surface area contributed by atoms with Crippen LogP contribution < -0.4 is 0 Å². The van der Waals surface area contributed by atoms with E-state index in [0.717, 1.165) is 8.66 Å². The van der Waals surface area contributed by atoms with Gasteiger partial charge >= 0.3 is 0 Å². The molecule has 0 aliphatic rings. The summed E-state index contributed by atoms with van der Waals surface area (Å²) in [5, 5.41) is 0.410. The monoisotopic (exact) mass is 382 g/mol. The number of hydrogen-bond acceptors (Lipinski definition) is 1. The zero-order chi connectivity index (χ0) is 11.7. The van der Waals surface area contributed by atoms with Crippen LogP contribution >= 0.6 is 54.8 Å². The van der Waals surface area contributed by atoms with Crippen LogP contribution in [0.1, 0.15) is 15.3 Å². The van der Waals surface area contributed by atoms with Crippen LogP contribution in [0.3, 0.4) is 0 Å². The molecule has 0 bridgehead atoms. The summed E-state index contributed by atoms with van der Waals surface area (Å²) in [5.74, 6) is -0.293. The normalized spacial score (nSPS) is 12.8. The third-order valence-electron chi connectivity index (χ3n) is 2.08. The summed E-state index contributed by atoms with van der Waals surface area (Å²) in [6, 6.07) is 8.62. The van der Waals surface area contributed by atoms with Gasteiger partial charge in [0.15, 0.2) is 0 Å². The molecule has 0 saturated heterocycles. The number of benzene rings is 1. The molecule has 1 aromatic heterocycles. The largest absolute Gasteiger partial charge is 0.207 e. The lowest BCUT2D eigenvalue weighted by Crippen LogP contribution is -1.93. The summed E-state index contributed by atoms with van der Waals surface area (Å²) >= 11 is 14.2. The van der Waals surface area contributed by atoms with Crippen molar-refractivity contribution in [2.45, 2.75) is 4.83 Å². The lowest BCUT2D eigenvalue weighted by atomic mass is 10.1. The topological polar surface area (TPSA) is 0 Å². The molecular weight excluding hydrogens is 378 g/mol. The first-order chi connectivity index (χ1) is 7.58. The highest BCUT2D eigenvalue weighted by atomic mass is 79.9. The second-order valence-electron chi connectivity index (χ2n) is 3.17. The van der Waals surface area contributed by atoms with E-state index >= 15 is 0 Å². The first-order valence-corrected chi connectivity index (χ1v) is 7.32. The molecule has 1 unspecified atom stereocenters. The standard InChI is InChI=1S/C11H6Br2ClFS/c12-10-4-3-9(16-10)11(13)7-2-1-6(14)5-8(7)15/h1-5,11H. The van der Waals surface area contributed by atoms with Crippen molar-refractivity contribution in [3.8, 4) is 0 Å². The van der Waals surface area contributed by atoms with Crippen molar-refractivity contribution < 1.29 is 4.39 Å². The summed E-state index contributed by atoms with van der Waals surface area (Å²) < 4.78 is 14.7. The van der Waals surface area contributed by atoms with E-state index in [1.54, 1.807) is 23.5 Å². The minimum absolute atomic E-state index is 0.138. The van der Waals surface area contributed by atoms with Crippen molar-refractivity contribution >= 4 is 54.8 Å². The van der Waals surface area contributed by atoms with Crippen LogP contribution in [0, 0.1) is 5.82 Å². The summed E-state index contributed by atoms with van der Waals surface area (Å²) in [6.45, 7) is 0. The average molecular weight is 384 g/mol. The Kier molecular flexibility index (Phi) is 4.06. The zero-order valence-electron chi connectivity index (χ0n) is 7.88. The van der Waals surface area contributed by atoms with Crippen molar-refractivity contribution in [2.24, 2.45) is 0 Å². The molecule has 2 aromatic rings. The molecule has 0 saturated carbocycles. The highest BCUT2D eigenvalue weighted by Crippen LogP contribution is 2.38. The van der Waals surface area contributed by atoms with Gasteiger partial charge in [0.2, 0.25) is 0 Å². The predicted molar refractivity (Wildman–Crippen MR) is 74.2 cm³/mol. The zero-order valence-corrected chi connectivity index (χ0v) is 12.6. The van der Waals surface area contributed by atoms with Crippen molar-refractivity contribution in [2.75, 3.05) is 0 Å². The van der Waals surface area contributed by atoms with Gasteiger partial charge in [0.25, 0.3) is 0 Å². The highest BCUT2D eigenvalue weighted by Gasteiger charge is 2.16. The summed E-state index contributed by atoms with van der Waals surface area (Å²) in [4.78, 5) is 0.911. The van der Waals surface area contributed by atoms with Gasteiger partial charge < -0.3 is 0 Å². The fourth-order valence-corrected chi connectivity index (χ4v) is 3.71. The lowest BCUT2D eigenvalue weighted by molar-refractivity contribution is 0.614. The van der Waals surface area contributed by atoms with Gasteiger partial charge in [-0.3, -0.25) is 0 Å². The van der Waals surface area contributed by atoms with Crippen LogP contribution in [-0.4, -0.2) is 0 Å². The van der Waals surface area contributed by atoms with Crippen molar-refractivity contribution in [3.05, 3.63) is 55.4 Å². The summed E-state index contributed by atoms with van der Waals surface area (Å²) in [6.07, 6.45) is 0. The van der Waals surface area contributed by atoms with Crippen LogP contribution in [0.2, 0.25) is 5.02 Å². The molecule has 1 atom stereocenters. The second kappa shape index (κ2) is 5.17. The molecule has 0 aliphatic heterocycles. The number of hydrogen-bond donors (Lipinski definition) is 0. The third kappa shape index (κ3) is 2.67. The Labute approximate surface area is 119 Å². The van der Waals surface area contributed by atoms with E-state index in [0.29, 0.717) is 10.6 Å². The van der Waals surface area contributed by atoms with Gasteiger partial charge in [0, 0.05) is 15.5 Å². The van der Waals surface area contributed by atoms with E-state index in [1.807, 2.05) is 12.1 Å². The van der Waals surface area contributed by atoms with Crippen LogP contribution in [-0.2, 0) is 0 Å². The Balaban J connectivity index is 2.37. The quantitative estimate of drug-likeness (QED) is 0.575. The molecule has 0 aliphatic carbocycles. The second-order valence-corrected chi connectivity index (χ2v) is 7.02. The van der Waals surface area contributed by atoms with Gasteiger partial charge in [-0.1, -0.05) is 33.6 Å². The highest BCUT2D eigenvalue weighted by molar-refractivity contribution is 9.11. The molecule has 2 rings (SSSR count). The molecule has 0 spiro atoms. The molecule has 0 N–H and O–H groups in total. The maximum Gasteiger partial charge on any atom is 0.129 e. The van der Waals surface area contributed by atoms with Crippen LogP contribution in [0.4, 0.5) is 4.39 Å². The van der Waals surface area contributed by atoms with Gasteiger partial charge in [-0.2, -0.15) is 0 Å². The fraction of sp³-hybridized carbons (Fsp3) is 0.0909. The van der Waals surface area contributed by atoms with E-state index in [9.17, 15) is 4.39 Å².